The standard InChI is InChI=1S/C18H21N3O3S2/c1-12(17(22)19-10-9-13-5-3-2-4-6-13)25-18-20-15-8-7-14(21(23)24)11-16(15)26-18/h5,7-8,11-12H,2-4,6,9-10H2,1H3,(H,19,22)/t12-/m1/s1. The van der Waals surface area contributed by atoms with E-state index < -0.39 is 4.92 Å². The van der Waals surface area contributed by atoms with Gasteiger partial charge in [-0.3, -0.25) is 14.9 Å². The van der Waals surface area contributed by atoms with Crippen LogP contribution in [0.5, 0.6) is 0 Å². The van der Waals surface area contributed by atoms with Crippen LogP contribution in [0.3, 0.4) is 0 Å². The second-order valence-electron chi connectivity index (χ2n) is 6.30. The van der Waals surface area contributed by atoms with Gasteiger partial charge in [0.1, 0.15) is 0 Å². The Morgan fingerprint density at radius 3 is 3.04 bits per heavy atom. The molecule has 8 heteroatoms. The third kappa shape index (κ3) is 4.82. The summed E-state index contributed by atoms with van der Waals surface area (Å²) in [5.74, 6) is -0.00311. The number of thiazole rings is 1. The molecule has 0 saturated carbocycles. The third-order valence-corrected chi connectivity index (χ3v) is 6.55. The lowest BCUT2D eigenvalue weighted by Gasteiger charge is -2.14. The summed E-state index contributed by atoms with van der Waals surface area (Å²) in [4.78, 5) is 27.2. The van der Waals surface area contributed by atoms with E-state index in [1.165, 1.54) is 53.6 Å². The molecule has 0 radical (unpaired) electrons. The fraction of sp³-hybridized carbons (Fsp3) is 0.444. The van der Waals surface area contributed by atoms with E-state index in [9.17, 15) is 14.9 Å². The van der Waals surface area contributed by atoms with Crippen LogP contribution in [-0.4, -0.2) is 27.6 Å². The van der Waals surface area contributed by atoms with Gasteiger partial charge in [-0.15, -0.1) is 11.3 Å². The minimum Gasteiger partial charge on any atom is -0.355 e. The molecule has 0 spiro atoms. The molecular formula is C18H21N3O3S2. The van der Waals surface area contributed by atoms with Gasteiger partial charge >= 0.3 is 0 Å². The van der Waals surface area contributed by atoms with Crippen LogP contribution in [0.25, 0.3) is 10.2 Å². The van der Waals surface area contributed by atoms with Crippen molar-refractivity contribution in [3.8, 4) is 0 Å². The molecule has 0 bridgehead atoms. The number of nitro benzene ring substituents is 1. The fourth-order valence-electron chi connectivity index (χ4n) is 2.88. The smallest absolute Gasteiger partial charge is 0.270 e. The predicted molar refractivity (Wildman–Crippen MR) is 106 cm³/mol. The number of nitro groups is 1. The van der Waals surface area contributed by atoms with E-state index in [2.05, 4.69) is 16.4 Å². The number of allylic oxidation sites excluding steroid dienone is 1. The third-order valence-electron chi connectivity index (χ3n) is 4.34. The maximum atomic E-state index is 12.3. The van der Waals surface area contributed by atoms with Crippen LogP contribution < -0.4 is 5.32 Å². The van der Waals surface area contributed by atoms with Crippen molar-refractivity contribution in [3.05, 3.63) is 40.0 Å². The van der Waals surface area contributed by atoms with Crippen molar-refractivity contribution < 1.29 is 9.72 Å². The highest BCUT2D eigenvalue weighted by Crippen LogP contribution is 2.33. The van der Waals surface area contributed by atoms with E-state index in [0.717, 1.165) is 33.8 Å². The number of amides is 1. The lowest BCUT2D eigenvalue weighted by molar-refractivity contribution is -0.384. The number of aromatic nitrogens is 1. The maximum absolute atomic E-state index is 12.3. The Morgan fingerprint density at radius 1 is 1.46 bits per heavy atom. The first kappa shape index (κ1) is 18.8. The van der Waals surface area contributed by atoms with E-state index in [0.29, 0.717) is 6.54 Å². The Morgan fingerprint density at radius 2 is 2.31 bits per heavy atom. The molecule has 1 aliphatic rings. The number of carbonyl (C=O) groups is 1. The summed E-state index contributed by atoms with van der Waals surface area (Å²) in [6.07, 6.45) is 8.06. The molecule has 138 valence electrons. The molecule has 3 rings (SSSR count). The number of fused-ring (bicyclic) bond motifs is 1. The van der Waals surface area contributed by atoms with E-state index in [1.807, 2.05) is 6.92 Å². The number of rotatable bonds is 7. The molecular weight excluding hydrogens is 370 g/mol. The molecule has 1 aromatic carbocycles. The fourth-order valence-corrected chi connectivity index (χ4v) is 5.15. The number of carbonyl (C=O) groups excluding carboxylic acids is 1. The van der Waals surface area contributed by atoms with Crippen molar-refractivity contribution in [2.24, 2.45) is 0 Å². The van der Waals surface area contributed by atoms with Crippen molar-refractivity contribution in [1.29, 1.82) is 0 Å². The summed E-state index contributed by atoms with van der Waals surface area (Å²) in [6.45, 7) is 2.52. The Labute approximate surface area is 160 Å². The molecule has 1 heterocycles. The molecule has 0 unspecified atom stereocenters. The van der Waals surface area contributed by atoms with E-state index in [-0.39, 0.29) is 16.8 Å². The van der Waals surface area contributed by atoms with Gasteiger partial charge in [-0.25, -0.2) is 4.98 Å². The van der Waals surface area contributed by atoms with Gasteiger partial charge in [-0.1, -0.05) is 23.4 Å². The molecule has 0 saturated heterocycles. The number of hydrogen-bond acceptors (Lipinski definition) is 6. The summed E-state index contributed by atoms with van der Waals surface area (Å²) in [7, 11) is 0. The van der Waals surface area contributed by atoms with Gasteiger partial charge in [0.2, 0.25) is 5.91 Å². The molecule has 0 aliphatic heterocycles. The first-order chi connectivity index (χ1) is 12.5. The van der Waals surface area contributed by atoms with Gasteiger partial charge in [0, 0.05) is 18.7 Å². The van der Waals surface area contributed by atoms with Gasteiger partial charge in [-0.2, -0.15) is 0 Å². The number of non-ortho nitro benzene ring substituents is 1. The monoisotopic (exact) mass is 391 g/mol. The van der Waals surface area contributed by atoms with Crippen LogP contribution in [-0.2, 0) is 4.79 Å². The largest absolute Gasteiger partial charge is 0.355 e. The van der Waals surface area contributed by atoms with Gasteiger partial charge < -0.3 is 5.32 Å². The summed E-state index contributed by atoms with van der Waals surface area (Å²) in [5, 5.41) is 13.6. The second-order valence-corrected chi connectivity index (χ2v) is 8.92. The van der Waals surface area contributed by atoms with E-state index in [4.69, 9.17) is 0 Å². The first-order valence-electron chi connectivity index (χ1n) is 8.70. The normalized spacial score (nSPS) is 15.5. The number of nitrogens with zero attached hydrogens (tertiary/aromatic N) is 2. The molecule has 26 heavy (non-hydrogen) atoms. The predicted octanol–water partition coefficient (Wildman–Crippen LogP) is 4.69. The van der Waals surface area contributed by atoms with E-state index >= 15 is 0 Å². The number of benzene rings is 1. The molecule has 1 N–H and O–H groups in total. The van der Waals surface area contributed by atoms with Crippen molar-refractivity contribution in [3.63, 3.8) is 0 Å². The molecule has 1 aliphatic carbocycles. The summed E-state index contributed by atoms with van der Waals surface area (Å²) < 4.78 is 1.51. The Balaban J connectivity index is 1.54. The highest BCUT2D eigenvalue weighted by atomic mass is 32.2. The SMILES string of the molecule is C[C@@H](Sc1nc2ccc([N+](=O)[O-])cc2s1)C(=O)NCCC1=CCCCC1. The Kier molecular flexibility index (Phi) is 6.26. The highest BCUT2D eigenvalue weighted by Gasteiger charge is 2.17. The van der Waals surface area contributed by atoms with Crippen LogP contribution >= 0.6 is 23.1 Å². The van der Waals surface area contributed by atoms with Crippen LogP contribution in [0.4, 0.5) is 5.69 Å². The molecule has 2 aromatic rings. The lowest BCUT2D eigenvalue weighted by atomic mass is 9.97. The average Bonchev–Trinajstić information content (AvgIpc) is 3.03. The van der Waals surface area contributed by atoms with Crippen LogP contribution in [0, 0.1) is 10.1 Å². The van der Waals surface area contributed by atoms with E-state index in [1.54, 1.807) is 6.07 Å². The topological polar surface area (TPSA) is 85.1 Å². The molecule has 6 nitrogen and oxygen atoms in total. The van der Waals surface area contributed by atoms with Crippen LogP contribution in [0.1, 0.15) is 39.0 Å². The maximum Gasteiger partial charge on any atom is 0.270 e. The first-order valence-corrected chi connectivity index (χ1v) is 10.4. The average molecular weight is 392 g/mol. The molecule has 1 aromatic heterocycles. The summed E-state index contributed by atoms with van der Waals surface area (Å²) >= 11 is 2.77. The Hall–Kier alpha value is -1.93. The van der Waals surface area contributed by atoms with Gasteiger partial charge in [0.25, 0.3) is 5.69 Å². The number of thioether (sulfide) groups is 1. The van der Waals surface area contributed by atoms with Crippen LogP contribution in [0.2, 0.25) is 0 Å². The lowest BCUT2D eigenvalue weighted by Crippen LogP contribution is -2.31. The van der Waals surface area contributed by atoms with Gasteiger partial charge in [0.15, 0.2) is 4.34 Å². The molecule has 1 amide bonds. The molecule has 0 fully saturated rings. The summed E-state index contributed by atoms with van der Waals surface area (Å²) in [6, 6.07) is 4.63. The molecule has 1 atom stereocenters. The summed E-state index contributed by atoms with van der Waals surface area (Å²) in [5.41, 5.74) is 2.23. The minimum atomic E-state index is -0.413. The van der Waals surface area contributed by atoms with Gasteiger partial charge in [-0.05, 0) is 45.1 Å². The van der Waals surface area contributed by atoms with Crippen molar-refractivity contribution in [2.45, 2.75) is 48.6 Å². The van der Waals surface area contributed by atoms with Crippen LogP contribution in [0.15, 0.2) is 34.2 Å². The van der Waals surface area contributed by atoms with Crippen molar-refractivity contribution in [1.82, 2.24) is 10.3 Å². The second kappa shape index (κ2) is 8.64. The minimum absolute atomic E-state index is 0.00311. The van der Waals surface area contributed by atoms with Crippen molar-refractivity contribution >= 4 is 44.9 Å². The van der Waals surface area contributed by atoms with Gasteiger partial charge in [0.05, 0.1) is 20.4 Å². The zero-order valence-corrected chi connectivity index (χ0v) is 16.2. The Bertz CT molecular complexity index is 847. The number of nitrogens with one attached hydrogen (secondary N) is 1. The quantitative estimate of drug-likeness (QED) is 0.320. The number of hydrogen-bond donors (Lipinski definition) is 1. The van der Waals surface area contributed by atoms with Crippen molar-refractivity contribution in [2.75, 3.05) is 6.54 Å². The zero-order chi connectivity index (χ0) is 18.5. The zero-order valence-electron chi connectivity index (χ0n) is 14.6. The highest BCUT2D eigenvalue weighted by molar-refractivity contribution is 8.02.